The molecule has 11 heteroatoms. The van der Waals surface area contributed by atoms with Gasteiger partial charge in [0, 0.05) is 39.3 Å². The number of hydrogen-bond donors (Lipinski definition) is 6. The summed E-state index contributed by atoms with van der Waals surface area (Å²) < 4.78 is 11.5. The van der Waals surface area contributed by atoms with Gasteiger partial charge in [0.25, 0.3) is 0 Å². The van der Waals surface area contributed by atoms with E-state index in [1.807, 2.05) is 78.9 Å². The number of para-hydroxylation sites is 2. The molecule has 7 rings (SSSR count). The Morgan fingerprint density at radius 3 is 1.34 bits per heavy atom. The van der Waals surface area contributed by atoms with Gasteiger partial charge in [-0.2, -0.15) is 0 Å². The zero-order chi connectivity index (χ0) is 40.5. The van der Waals surface area contributed by atoms with Crippen molar-refractivity contribution in [2.75, 3.05) is 37.8 Å². The fourth-order valence-corrected chi connectivity index (χ4v) is 6.65. The second kappa shape index (κ2) is 21.2. The molecule has 0 spiro atoms. The number of aromatic nitrogens is 2. The van der Waals surface area contributed by atoms with Crippen LogP contribution in [0.3, 0.4) is 0 Å². The van der Waals surface area contributed by atoms with Gasteiger partial charge in [0.1, 0.15) is 42.4 Å². The van der Waals surface area contributed by atoms with Crippen LogP contribution in [0.5, 0.6) is 11.5 Å². The SMILES string of the molecule is Nc1cccc(OC[C@@H](O)CN(Cc2ccccc2)Cc2ccccc2)c1N.O=c1[nH]c2cccc(OC[C@@H](O)CN(Cc3ccccc3)Cc3ccccc3)c2[nH]1. The summed E-state index contributed by atoms with van der Waals surface area (Å²) in [4.78, 5) is 21.4. The highest BCUT2D eigenvalue weighted by atomic mass is 16.5. The average Bonchev–Trinajstić information content (AvgIpc) is 3.63. The predicted octanol–water partition coefficient (Wildman–Crippen LogP) is 6.59. The lowest BCUT2D eigenvalue weighted by molar-refractivity contribution is 0.0630. The Morgan fingerprint density at radius 1 is 0.500 bits per heavy atom. The number of benzene rings is 6. The molecule has 58 heavy (non-hydrogen) atoms. The zero-order valence-electron chi connectivity index (χ0n) is 32.5. The smallest absolute Gasteiger partial charge is 0.323 e. The number of anilines is 2. The van der Waals surface area contributed by atoms with Crippen molar-refractivity contribution in [1.29, 1.82) is 0 Å². The number of aromatic amines is 2. The molecule has 0 fully saturated rings. The van der Waals surface area contributed by atoms with Gasteiger partial charge in [-0.3, -0.25) is 9.80 Å². The molecule has 1 heterocycles. The fourth-order valence-electron chi connectivity index (χ4n) is 6.65. The molecule has 11 nitrogen and oxygen atoms in total. The molecule has 0 bridgehead atoms. The Kier molecular flexibility index (Phi) is 15.1. The van der Waals surface area contributed by atoms with E-state index in [2.05, 4.69) is 68.3 Å². The molecule has 0 aliphatic carbocycles. The third-order valence-electron chi connectivity index (χ3n) is 9.41. The Bertz CT molecular complexity index is 2220. The Balaban J connectivity index is 0.000000196. The molecule has 300 valence electrons. The highest BCUT2D eigenvalue weighted by Gasteiger charge is 2.17. The van der Waals surface area contributed by atoms with Gasteiger partial charge in [-0.1, -0.05) is 133 Å². The number of hydrogen-bond acceptors (Lipinski definition) is 9. The first kappa shape index (κ1) is 41.3. The summed E-state index contributed by atoms with van der Waals surface area (Å²) in [5.74, 6) is 1.04. The first-order valence-corrected chi connectivity index (χ1v) is 19.4. The number of fused-ring (bicyclic) bond motifs is 1. The third-order valence-corrected chi connectivity index (χ3v) is 9.41. The minimum Gasteiger partial charge on any atom is -0.489 e. The van der Waals surface area contributed by atoms with Crippen LogP contribution in [0, 0.1) is 0 Å². The van der Waals surface area contributed by atoms with E-state index < -0.39 is 12.2 Å². The lowest BCUT2D eigenvalue weighted by Gasteiger charge is -2.25. The van der Waals surface area contributed by atoms with Crippen LogP contribution in [0.2, 0.25) is 0 Å². The van der Waals surface area contributed by atoms with Crippen LogP contribution < -0.4 is 26.6 Å². The average molecular weight is 781 g/mol. The molecule has 0 unspecified atom stereocenters. The number of H-pyrrole nitrogens is 2. The van der Waals surface area contributed by atoms with Crippen LogP contribution in [0.1, 0.15) is 22.3 Å². The second-order valence-corrected chi connectivity index (χ2v) is 14.2. The van der Waals surface area contributed by atoms with Crippen LogP contribution in [0.25, 0.3) is 11.0 Å². The van der Waals surface area contributed by atoms with Crippen molar-refractivity contribution in [2.45, 2.75) is 38.4 Å². The van der Waals surface area contributed by atoms with Gasteiger partial charge < -0.3 is 41.1 Å². The number of nitrogen functional groups attached to an aromatic ring is 2. The van der Waals surface area contributed by atoms with Gasteiger partial charge >= 0.3 is 5.69 Å². The normalized spacial score (nSPS) is 12.2. The topological polar surface area (TPSA) is 166 Å². The molecule has 8 N–H and O–H groups in total. The quantitative estimate of drug-likeness (QED) is 0.0527. The maximum absolute atomic E-state index is 11.5. The lowest BCUT2D eigenvalue weighted by atomic mass is 10.1. The van der Waals surface area contributed by atoms with Gasteiger partial charge in [0.15, 0.2) is 0 Å². The molecule has 0 radical (unpaired) electrons. The number of nitrogens with one attached hydrogen (secondary N) is 2. The molecule has 1 aromatic heterocycles. The van der Waals surface area contributed by atoms with Crippen molar-refractivity contribution in [2.24, 2.45) is 0 Å². The van der Waals surface area contributed by atoms with E-state index in [1.165, 1.54) is 22.3 Å². The van der Waals surface area contributed by atoms with Crippen molar-refractivity contribution in [3.8, 4) is 11.5 Å². The summed E-state index contributed by atoms with van der Waals surface area (Å²) in [5.41, 5.74) is 18.4. The molecule has 0 saturated carbocycles. The lowest BCUT2D eigenvalue weighted by Crippen LogP contribution is -2.35. The first-order valence-electron chi connectivity index (χ1n) is 19.4. The molecule has 6 aromatic carbocycles. The molecule has 7 aromatic rings. The summed E-state index contributed by atoms with van der Waals surface area (Å²) in [6, 6.07) is 51.6. The van der Waals surface area contributed by atoms with Crippen molar-refractivity contribution < 1.29 is 19.7 Å². The van der Waals surface area contributed by atoms with E-state index in [9.17, 15) is 15.0 Å². The van der Waals surface area contributed by atoms with E-state index >= 15 is 0 Å². The van der Waals surface area contributed by atoms with Gasteiger partial charge in [-0.15, -0.1) is 0 Å². The van der Waals surface area contributed by atoms with E-state index in [-0.39, 0.29) is 18.9 Å². The molecular formula is C47H52N6O5. The largest absolute Gasteiger partial charge is 0.489 e. The number of aliphatic hydroxyl groups is 2. The number of ether oxygens (including phenoxy) is 2. The van der Waals surface area contributed by atoms with Crippen LogP contribution in [0.4, 0.5) is 11.4 Å². The molecule has 0 amide bonds. The fraction of sp³-hybridized carbons (Fsp3) is 0.213. The minimum absolute atomic E-state index is 0.131. The summed E-state index contributed by atoms with van der Waals surface area (Å²) in [5, 5.41) is 21.2. The number of aliphatic hydroxyl groups excluding tert-OH is 2. The Morgan fingerprint density at radius 2 is 0.897 bits per heavy atom. The van der Waals surface area contributed by atoms with Gasteiger partial charge in [0.05, 0.1) is 16.9 Å². The molecular weight excluding hydrogens is 729 g/mol. The number of rotatable bonds is 18. The van der Waals surface area contributed by atoms with Crippen molar-refractivity contribution in [3.05, 3.63) is 190 Å². The third kappa shape index (κ3) is 12.8. The van der Waals surface area contributed by atoms with Crippen LogP contribution in [0.15, 0.2) is 163 Å². The van der Waals surface area contributed by atoms with Crippen molar-refractivity contribution in [3.63, 3.8) is 0 Å². The predicted molar refractivity (Wildman–Crippen MR) is 231 cm³/mol. The summed E-state index contributed by atoms with van der Waals surface area (Å²) in [6.45, 7) is 4.16. The maximum atomic E-state index is 11.5. The van der Waals surface area contributed by atoms with Crippen molar-refractivity contribution >= 4 is 22.4 Å². The summed E-state index contributed by atoms with van der Waals surface area (Å²) >= 11 is 0. The van der Waals surface area contributed by atoms with E-state index in [1.54, 1.807) is 30.3 Å². The maximum Gasteiger partial charge on any atom is 0.323 e. The Labute approximate surface area is 339 Å². The summed E-state index contributed by atoms with van der Waals surface area (Å²) in [6.07, 6.45) is -1.34. The Hall–Kier alpha value is -6.37. The van der Waals surface area contributed by atoms with Crippen LogP contribution in [-0.4, -0.2) is 68.5 Å². The standard InChI is InChI=1S/C24H25N3O3.C23H27N3O2/c28-20(17-30-22-13-7-12-21-23(22)26-24(29)25-21)16-27(14-18-8-3-1-4-9-18)15-19-10-5-2-6-11-19;24-21-12-7-13-22(23(21)25)28-17-20(27)16-26(14-18-8-3-1-4-9-18)15-19-10-5-2-6-11-19/h1-13,20,28H,14-17H2,(H2,25,26,29);1-13,20,27H,14-17,24-25H2/t2*20-/m00/s1. The van der Waals surface area contributed by atoms with Gasteiger partial charge in [-0.05, 0) is 46.5 Å². The molecule has 0 saturated heterocycles. The summed E-state index contributed by atoms with van der Waals surface area (Å²) in [7, 11) is 0. The van der Waals surface area contributed by atoms with Crippen molar-refractivity contribution in [1.82, 2.24) is 19.8 Å². The molecule has 2 atom stereocenters. The van der Waals surface area contributed by atoms with Gasteiger partial charge in [0.2, 0.25) is 0 Å². The van der Waals surface area contributed by atoms with Crippen LogP contribution >= 0.6 is 0 Å². The zero-order valence-corrected chi connectivity index (χ0v) is 32.5. The van der Waals surface area contributed by atoms with Gasteiger partial charge in [-0.25, -0.2) is 4.79 Å². The van der Waals surface area contributed by atoms with E-state index in [0.29, 0.717) is 47.0 Å². The van der Waals surface area contributed by atoms with E-state index in [4.69, 9.17) is 20.9 Å². The minimum atomic E-state index is -0.682. The van der Waals surface area contributed by atoms with E-state index in [0.717, 1.165) is 26.2 Å². The van der Waals surface area contributed by atoms with Crippen LogP contribution in [-0.2, 0) is 26.2 Å². The number of imidazole rings is 1. The molecule has 0 aliphatic rings. The number of nitrogens with two attached hydrogens (primary N) is 2. The highest BCUT2D eigenvalue weighted by molar-refractivity contribution is 5.81. The first-order chi connectivity index (χ1) is 28.3. The highest BCUT2D eigenvalue weighted by Crippen LogP contribution is 2.27. The second-order valence-electron chi connectivity index (χ2n) is 14.2. The molecule has 0 aliphatic heterocycles. The monoisotopic (exact) mass is 780 g/mol. The number of nitrogens with zero attached hydrogens (tertiary/aromatic N) is 2.